The Morgan fingerprint density at radius 3 is 1.30 bits per heavy atom. The maximum atomic E-state index is 3.55. The molecule has 0 aromatic heterocycles. The van der Waals surface area contributed by atoms with Gasteiger partial charge >= 0.3 is 25.8 Å². The molecule has 2 aliphatic heterocycles. The van der Waals surface area contributed by atoms with Crippen LogP contribution in [0.25, 0.3) is 0 Å². The van der Waals surface area contributed by atoms with Crippen LogP contribution in [0, 0.1) is 12.2 Å². The van der Waals surface area contributed by atoms with Crippen LogP contribution < -0.4 is 24.8 Å². The van der Waals surface area contributed by atoms with Gasteiger partial charge in [0.2, 0.25) is 0 Å². The molecular weight excluding hydrogens is 570 g/mol. The van der Waals surface area contributed by atoms with Crippen molar-refractivity contribution < 1.29 is 50.7 Å². The maximum Gasteiger partial charge on any atom is 4.00 e. The van der Waals surface area contributed by atoms with E-state index in [1.807, 2.05) is 0 Å². The van der Waals surface area contributed by atoms with Crippen LogP contribution in [-0.4, -0.2) is 16.1 Å². The number of halogens is 2. The molecule has 0 unspecified atom stereocenters. The van der Waals surface area contributed by atoms with Gasteiger partial charge in [-0.25, -0.2) is 22.5 Å². The average Bonchev–Trinajstić information content (AvgIpc) is 3.20. The first-order chi connectivity index (χ1) is 11.7. The van der Waals surface area contributed by atoms with Gasteiger partial charge in [-0.1, -0.05) is 75.8 Å². The summed E-state index contributed by atoms with van der Waals surface area (Å²) in [5, 5.41) is 3.33. The van der Waals surface area contributed by atoms with E-state index in [9.17, 15) is 0 Å². The van der Waals surface area contributed by atoms with Crippen molar-refractivity contribution in [1.29, 1.82) is 0 Å². The van der Waals surface area contributed by atoms with Crippen molar-refractivity contribution in [3.63, 3.8) is 0 Å². The molecule has 0 spiro atoms. The minimum atomic E-state index is -0.891. The van der Waals surface area contributed by atoms with Crippen LogP contribution in [0.3, 0.4) is 0 Å². The van der Waals surface area contributed by atoms with Gasteiger partial charge < -0.3 is 24.8 Å². The molecule has 0 radical (unpaired) electrons. The van der Waals surface area contributed by atoms with E-state index in [2.05, 4.69) is 50.3 Å². The quantitative estimate of drug-likeness (QED) is 0.314. The molecule has 148 valence electrons. The smallest absolute Gasteiger partial charge is 1.00 e. The summed E-state index contributed by atoms with van der Waals surface area (Å²) in [7, 11) is -1.78. The van der Waals surface area contributed by atoms with Crippen LogP contribution in [0.2, 0.25) is 36.3 Å². The maximum absolute atomic E-state index is 3.55. The second-order valence-electron chi connectivity index (χ2n) is 8.16. The molecule has 0 aromatic carbocycles. The van der Waals surface area contributed by atoms with Crippen molar-refractivity contribution in [2.45, 2.75) is 88.6 Å². The van der Waals surface area contributed by atoms with Gasteiger partial charge in [0, 0.05) is 16.1 Å². The summed E-state index contributed by atoms with van der Waals surface area (Å²) >= 11 is 0. The molecule has 4 aliphatic rings. The first-order valence-corrected chi connectivity index (χ1v) is 15.5. The summed E-state index contributed by atoms with van der Waals surface area (Å²) in [6.45, 7) is 4.65. The van der Waals surface area contributed by atoms with E-state index >= 15 is 0 Å². The van der Waals surface area contributed by atoms with E-state index in [0.717, 1.165) is 12.8 Å². The van der Waals surface area contributed by atoms with Gasteiger partial charge in [0.15, 0.2) is 0 Å². The predicted octanol–water partition coefficient (Wildman–Crippen LogP) is 0.961. The Hall–Kier alpha value is 0.844. The molecule has 0 bridgehead atoms. The molecule has 2 heterocycles. The van der Waals surface area contributed by atoms with Crippen molar-refractivity contribution in [2.75, 3.05) is 0 Å². The van der Waals surface area contributed by atoms with E-state index in [-0.39, 0.29) is 50.7 Å². The molecule has 0 aromatic rings. The van der Waals surface area contributed by atoms with Crippen molar-refractivity contribution in [3.05, 3.63) is 46.8 Å². The summed E-state index contributed by atoms with van der Waals surface area (Å²) in [6, 6.07) is 9.22. The second kappa shape index (κ2) is 13.2. The van der Waals surface area contributed by atoms with Crippen molar-refractivity contribution in [1.82, 2.24) is 0 Å². The van der Waals surface area contributed by atoms with Gasteiger partial charge in [0.05, 0.1) is 0 Å². The Labute approximate surface area is 201 Å². The van der Waals surface area contributed by atoms with E-state index in [1.165, 1.54) is 37.8 Å². The molecule has 2 aliphatic carbocycles. The zero-order valence-electron chi connectivity index (χ0n) is 17.1. The van der Waals surface area contributed by atoms with Crippen LogP contribution in [-0.2, 0) is 25.8 Å². The Morgan fingerprint density at radius 2 is 1.11 bits per heavy atom. The summed E-state index contributed by atoms with van der Waals surface area (Å²) in [4.78, 5) is 0. The van der Waals surface area contributed by atoms with E-state index in [4.69, 9.17) is 0 Å². The van der Waals surface area contributed by atoms with Gasteiger partial charge in [-0.15, -0.1) is 12.8 Å². The second-order valence-corrected chi connectivity index (χ2v) is 17.4. The Morgan fingerprint density at radius 1 is 0.741 bits per heavy atom. The van der Waals surface area contributed by atoms with Gasteiger partial charge in [0.1, 0.15) is 0 Å². The SMILES string of the molecule is CCC[Si]1(C2=[C-]CC=C2)CCC1.CCC[Si]1(C2=[C-]CC=C2)CCC1.[Cl-].[Cl-].[Hf+4]. The van der Waals surface area contributed by atoms with E-state index in [1.54, 1.807) is 34.6 Å². The van der Waals surface area contributed by atoms with Gasteiger partial charge in [-0.3, -0.25) is 12.2 Å². The van der Waals surface area contributed by atoms with E-state index < -0.39 is 16.1 Å². The van der Waals surface area contributed by atoms with Crippen LogP contribution >= 0.6 is 0 Å². The number of allylic oxidation sites excluding steroid dienone is 8. The third-order valence-corrected chi connectivity index (χ3v) is 17.7. The normalized spacial score (nSPS) is 22.4. The average molecular weight is 604 g/mol. The Bertz CT molecular complexity index is 509. The number of hydrogen-bond donors (Lipinski definition) is 0. The van der Waals surface area contributed by atoms with Crippen LogP contribution in [0.15, 0.2) is 34.7 Å². The largest absolute Gasteiger partial charge is 4.00 e. The molecular formula is C22H34Cl2HfSi2. The fourth-order valence-corrected chi connectivity index (χ4v) is 13.9. The zero-order chi connectivity index (χ0) is 16.9. The zero-order valence-corrected chi connectivity index (χ0v) is 24.2. The van der Waals surface area contributed by atoms with Gasteiger partial charge in [-0.05, 0) is 0 Å². The molecule has 5 heteroatoms. The fraction of sp³-hybridized carbons (Fsp3) is 0.636. The van der Waals surface area contributed by atoms with Gasteiger partial charge in [0.25, 0.3) is 0 Å². The number of hydrogen-bond acceptors (Lipinski definition) is 0. The molecule has 0 atom stereocenters. The van der Waals surface area contributed by atoms with Crippen LogP contribution in [0.1, 0.15) is 52.4 Å². The minimum absolute atomic E-state index is 0. The van der Waals surface area contributed by atoms with Gasteiger partial charge in [-0.2, -0.15) is 12.2 Å². The Balaban J connectivity index is 0.000000451. The first kappa shape index (κ1) is 27.8. The third-order valence-electron chi connectivity index (χ3n) is 6.61. The molecule has 0 nitrogen and oxygen atoms in total. The van der Waals surface area contributed by atoms with E-state index in [0.29, 0.717) is 0 Å². The third kappa shape index (κ3) is 6.41. The fourth-order valence-electron chi connectivity index (χ4n) is 5.01. The number of rotatable bonds is 6. The standard InChI is InChI=1S/2C11H17Si.2ClH.Hf/c2*1-2-8-12(9-5-10-12)11-6-3-4-7-11;;;/h2*3,6H,2,4-5,8-10H2,1H3;2*1H;/q2*-1;;;+4/p-2. The van der Waals surface area contributed by atoms with Crippen LogP contribution in [0.4, 0.5) is 0 Å². The summed E-state index contributed by atoms with van der Waals surface area (Å²) in [6.07, 6.45) is 24.3. The minimum Gasteiger partial charge on any atom is -1.00 e. The predicted molar refractivity (Wildman–Crippen MR) is 111 cm³/mol. The van der Waals surface area contributed by atoms with Crippen molar-refractivity contribution in [2.24, 2.45) is 0 Å². The first-order valence-electron chi connectivity index (χ1n) is 10.3. The summed E-state index contributed by atoms with van der Waals surface area (Å²) < 4.78 is 0. The molecule has 2 saturated heterocycles. The molecule has 0 N–H and O–H groups in total. The topological polar surface area (TPSA) is 0 Å². The molecule has 0 saturated carbocycles. The molecule has 27 heavy (non-hydrogen) atoms. The Kier molecular flexibility index (Phi) is 13.6. The van der Waals surface area contributed by atoms with Crippen molar-refractivity contribution in [3.8, 4) is 0 Å². The summed E-state index contributed by atoms with van der Waals surface area (Å²) in [5.41, 5.74) is 0. The van der Waals surface area contributed by atoms with Crippen molar-refractivity contribution >= 4 is 16.1 Å². The summed E-state index contributed by atoms with van der Waals surface area (Å²) in [5.74, 6) is 0. The monoisotopic (exact) mass is 604 g/mol. The molecule has 4 rings (SSSR count). The van der Waals surface area contributed by atoms with Crippen LogP contribution in [0.5, 0.6) is 0 Å². The molecule has 0 amide bonds. The molecule has 2 fully saturated rings.